The predicted molar refractivity (Wildman–Crippen MR) is 116 cm³/mol. The number of aromatic amines is 1. The molecule has 166 valence electrons. The van der Waals surface area contributed by atoms with Crippen LogP contribution in [0.15, 0.2) is 47.5 Å². The number of aryl methyl sites for hydroxylation is 1. The lowest BCUT2D eigenvalue weighted by Gasteiger charge is -2.16. The molecule has 0 saturated carbocycles. The molecule has 8 nitrogen and oxygen atoms in total. The Morgan fingerprint density at radius 2 is 1.79 bits per heavy atom. The van der Waals surface area contributed by atoms with Crippen LogP contribution in [0, 0.1) is 24.6 Å². The zero-order valence-corrected chi connectivity index (χ0v) is 17.2. The van der Waals surface area contributed by atoms with E-state index in [1.807, 2.05) is 0 Å². The average Bonchev–Trinajstić information content (AvgIpc) is 3.24. The minimum atomic E-state index is -0.945. The van der Waals surface area contributed by atoms with E-state index in [-0.39, 0.29) is 35.6 Å². The maximum absolute atomic E-state index is 14.7. The largest absolute Gasteiger partial charge is 0.368 e. The number of halogens is 3. The summed E-state index contributed by atoms with van der Waals surface area (Å²) in [6.07, 6.45) is 0.485. The molecule has 0 spiro atoms. The van der Waals surface area contributed by atoms with Crippen LogP contribution in [0.5, 0.6) is 0 Å². The molecule has 3 heterocycles. The van der Waals surface area contributed by atoms with Crippen molar-refractivity contribution in [3.05, 3.63) is 82.2 Å². The van der Waals surface area contributed by atoms with Gasteiger partial charge in [0.15, 0.2) is 11.5 Å². The van der Waals surface area contributed by atoms with Crippen molar-refractivity contribution in [2.45, 2.75) is 13.3 Å². The van der Waals surface area contributed by atoms with Crippen molar-refractivity contribution in [2.75, 3.05) is 11.9 Å². The number of hydrogen-bond donors (Lipinski definition) is 2. The minimum Gasteiger partial charge on any atom is -0.368 e. The summed E-state index contributed by atoms with van der Waals surface area (Å²) in [7, 11) is 0. The zero-order chi connectivity index (χ0) is 23.1. The summed E-state index contributed by atoms with van der Waals surface area (Å²) in [5.41, 5.74) is 0.506. The molecule has 0 radical (unpaired) electrons. The molecule has 0 amide bonds. The topological polar surface area (TPSA) is 101 Å². The average molecular weight is 451 g/mol. The van der Waals surface area contributed by atoms with Crippen molar-refractivity contribution in [1.82, 2.24) is 29.5 Å². The lowest BCUT2D eigenvalue weighted by Crippen LogP contribution is -2.27. The van der Waals surface area contributed by atoms with Crippen LogP contribution in [0.1, 0.15) is 11.4 Å². The van der Waals surface area contributed by atoms with Crippen LogP contribution in [0.2, 0.25) is 0 Å². The highest BCUT2D eigenvalue weighted by molar-refractivity contribution is 5.82. The number of imidazole rings is 1. The lowest BCUT2D eigenvalue weighted by molar-refractivity contribution is 0.544. The third-order valence-corrected chi connectivity index (χ3v) is 5.23. The Hall–Kier alpha value is -4.28. The lowest BCUT2D eigenvalue weighted by atomic mass is 10.1. The van der Waals surface area contributed by atoms with Gasteiger partial charge in [-0.2, -0.15) is 14.4 Å². The molecule has 5 rings (SSSR count). The second-order valence-electron chi connectivity index (χ2n) is 7.33. The molecule has 0 atom stereocenters. The summed E-state index contributed by atoms with van der Waals surface area (Å²) >= 11 is 0. The first-order valence-corrected chi connectivity index (χ1v) is 10.00. The summed E-state index contributed by atoms with van der Waals surface area (Å²) in [6.45, 7) is 1.85. The Balaban J connectivity index is 1.60. The number of rotatable bonds is 5. The number of H-pyrrole nitrogens is 1. The molecular weight excluding hydrogens is 435 g/mol. The van der Waals surface area contributed by atoms with E-state index in [2.05, 4.69) is 30.2 Å². The Morgan fingerprint density at radius 1 is 1.03 bits per heavy atom. The van der Waals surface area contributed by atoms with Gasteiger partial charge in [-0.25, -0.2) is 18.7 Å². The monoisotopic (exact) mass is 451 g/mol. The highest BCUT2D eigenvalue weighted by Gasteiger charge is 2.20. The summed E-state index contributed by atoms with van der Waals surface area (Å²) < 4.78 is 44.0. The third-order valence-electron chi connectivity index (χ3n) is 5.23. The molecule has 0 aliphatic rings. The predicted octanol–water partition coefficient (Wildman–Crippen LogP) is 3.43. The van der Waals surface area contributed by atoms with E-state index in [1.54, 1.807) is 25.1 Å². The molecule has 3 aromatic heterocycles. The van der Waals surface area contributed by atoms with E-state index in [1.165, 1.54) is 12.4 Å². The fourth-order valence-corrected chi connectivity index (χ4v) is 3.77. The number of aromatic nitrogens is 6. The second-order valence-corrected chi connectivity index (χ2v) is 7.33. The minimum absolute atomic E-state index is 0.0738. The van der Waals surface area contributed by atoms with Gasteiger partial charge in [-0.15, -0.1) is 0 Å². The highest BCUT2D eigenvalue weighted by atomic mass is 19.1. The first-order valence-electron chi connectivity index (χ1n) is 10.00. The highest BCUT2D eigenvalue weighted by Crippen LogP contribution is 2.21. The first-order chi connectivity index (χ1) is 15.9. The van der Waals surface area contributed by atoms with Gasteiger partial charge in [0.05, 0.1) is 17.2 Å². The van der Waals surface area contributed by atoms with E-state index in [9.17, 15) is 18.0 Å². The fourth-order valence-electron chi connectivity index (χ4n) is 3.77. The van der Waals surface area contributed by atoms with Crippen LogP contribution in [0.3, 0.4) is 0 Å². The smallest absolute Gasteiger partial charge is 0.312 e. The van der Waals surface area contributed by atoms with Crippen LogP contribution in [-0.4, -0.2) is 36.0 Å². The second kappa shape index (κ2) is 8.01. The van der Waals surface area contributed by atoms with Gasteiger partial charge in [-0.3, -0.25) is 9.36 Å². The van der Waals surface area contributed by atoms with E-state index in [0.717, 1.165) is 16.7 Å². The molecule has 2 aromatic carbocycles. The van der Waals surface area contributed by atoms with Gasteiger partial charge in [0.25, 0.3) is 5.56 Å². The molecular formula is C22H16F3N7O. The number of hydrogen-bond acceptors (Lipinski definition) is 6. The quantitative estimate of drug-likeness (QED) is 0.397. The molecule has 0 fully saturated rings. The van der Waals surface area contributed by atoms with Crippen LogP contribution in [-0.2, 0) is 6.42 Å². The number of fused-ring (bicyclic) bond motifs is 2. The number of benzene rings is 2. The fraction of sp³-hybridized carbons (Fsp3) is 0.136. The molecule has 0 aliphatic heterocycles. The van der Waals surface area contributed by atoms with Crippen molar-refractivity contribution in [2.24, 2.45) is 0 Å². The summed E-state index contributed by atoms with van der Waals surface area (Å²) in [5, 5.41) is 3.20. The number of para-hydroxylation sites is 1. The van der Waals surface area contributed by atoms with Crippen molar-refractivity contribution < 1.29 is 13.2 Å². The van der Waals surface area contributed by atoms with Crippen LogP contribution >= 0.6 is 0 Å². The van der Waals surface area contributed by atoms with Crippen molar-refractivity contribution in [1.29, 1.82) is 0 Å². The number of anilines is 1. The van der Waals surface area contributed by atoms with Gasteiger partial charge in [-0.05, 0) is 30.7 Å². The van der Waals surface area contributed by atoms with E-state index < -0.39 is 29.0 Å². The molecule has 2 N–H and O–H groups in total. The third kappa shape index (κ3) is 3.56. The molecule has 0 saturated heterocycles. The Labute approximate surface area is 184 Å². The van der Waals surface area contributed by atoms with Gasteiger partial charge >= 0.3 is 6.08 Å². The summed E-state index contributed by atoms with van der Waals surface area (Å²) in [5.74, 6) is -1.52. The molecule has 11 heteroatoms. The Kier molecular flexibility index (Phi) is 5.00. The molecule has 0 aliphatic carbocycles. The zero-order valence-electron chi connectivity index (χ0n) is 17.2. The van der Waals surface area contributed by atoms with Gasteiger partial charge in [-0.1, -0.05) is 18.2 Å². The van der Waals surface area contributed by atoms with E-state index in [0.29, 0.717) is 16.6 Å². The summed E-state index contributed by atoms with van der Waals surface area (Å²) in [4.78, 5) is 32.0. The van der Waals surface area contributed by atoms with Gasteiger partial charge in [0.1, 0.15) is 28.7 Å². The number of nitrogens with zero attached hydrogens (tertiary/aromatic N) is 5. The van der Waals surface area contributed by atoms with Crippen molar-refractivity contribution in [3.63, 3.8) is 0 Å². The Bertz CT molecular complexity index is 1560. The van der Waals surface area contributed by atoms with Crippen LogP contribution < -0.4 is 10.9 Å². The molecule has 0 bridgehead atoms. The Morgan fingerprint density at radius 3 is 2.58 bits per heavy atom. The van der Waals surface area contributed by atoms with Crippen molar-refractivity contribution >= 4 is 27.9 Å². The molecule has 33 heavy (non-hydrogen) atoms. The molecule has 0 unspecified atom stereocenters. The van der Waals surface area contributed by atoms with E-state index >= 15 is 0 Å². The van der Waals surface area contributed by atoms with Crippen molar-refractivity contribution in [3.8, 4) is 5.69 Å². The van der Waals surface area contributed by atoms with Crippen LogP contribution in [0.4, 0.5) is 19.0 Å². The summed E-state index contributed by atoms with van der Waals surface area (Å²) in [6, 6.07) is 8.51. The van der Waals surface area contributed by atoms with Gasteiger partial charge in [0.2, 0.25) is 0 Å². The van der Waals surface area contributed by atoms with Crippen LogP contribution in [0.25, 0.3) is 27.8 Å². The molecule has 5 aromatic rings. The normalized spacial score (nSPS) is 11.4. The SMILES string of the molecule is Cc1cccc2nc(CCNc3nc(F)nc4[nH]cnc34)n(-c3c(F)cccc3F)c(=O)c12. The standard InChI is InChI=1S/C22H16F3N7O/c1-11-4-2-7-14-16(11)21(33)32(18-12(23)5-3-6-13(18)24)15(29-14)8-9-26-19-17-20(28-10-27-17)31-22(25)30-19/h2-7,10H,8-9H2,1H3,(H2,26,27,28,30,31). The van der Waals surface area contributed by atoms with Gasteiger partial charge in [0, 0.05) is 13.0 Å². The van der Waals surface area contributed by atoms with E-state index in [4.69, 9.17) is 0 Å². The first kappa shape index (κ1) is 20.6. The maximum Gasteiger partial charge on any atom is 0.312 e. The maximum atomic E-state index is 14.7. The number of nitrogens with one attached hydrogen (secondary N) is 2. The van der Waals surface area contributed by atoms with Gasteiger partial charge < -0.3 is 10.3 Å².